The molecule has 0 unspecified atom stereocenters. The van der Waals surface area contributed by atoms with E-state index in [0.717, 1.165) is 18.0 Å². The molecule has 176 valence electrons. The topological polar surface area (TPSA) is 118 Å². The number of rotatable bonds is 6. The first-order valence-electron chi connectivity index (χ1n) is 9.94. The summed E-state index contributed by atoms with van der Waals surface area (Å²) in [6, 6.07) is 5.64. The van der Waals surface area contributed by atoms with Gasteiger partial charge >= 0.3 is 6.03 Å². The third kappa shape index (κ3) is 5.32. The molecule has 3 rings (SSSR count). The number of pyridine rings is 1. The molecule has 0 saturated heterocycles. The Balaban J connectivity index is 2.04. The molecule has 2 aromatic heterocycles. The van der Waals surface area contributed by atoms with Gasteiger partial charge in [0.15, 0.2) is 0 Å². The van der Waals surface area contributed by atoms with E-state index in [4.69, 9.17) is 6.57 Å². The molecule has 2 amide bonds. The van der Waals surface area contributed by atoms with Crippen LogP contribution in [0.3, 0.4) is 0 Å². The zero-order valence-electron chi connectivity index (χ0n) is 18.4. The zero-order valence-corrected chi connectivity index (χ0v) is 19.2. The molecule has 0 atom stereocenters. The van der Waals surface area contributed by atoms with Crippen LogP contribution in [0.1, 0.15) is 43.0 Å². The second-order valence-electron chi connectivity index (χ2n) is 7.55. The van der Waals surface area contributed by atoms with Crippen molar-refractivity contribution in [1.29, 1.82) is 0 Å². The lowest BCUT2D eigenvalue weighted by Crippen LogP contribution is -2.36. The first-order chi connectivity index (χ1) is 16.0. The summed E-state index contributed by atoms with van der Waals surface area (Å²) in [4.78, 5) is 26.8. The maximum atomic E-state index is 13.2. The lowest BCUT2D eigenvalue weighted by atomic mass is 9.92. The number of hydrogen-bond acceptors (Lipinski definition) is 6. The number of aromatic nitrogens is 3. The van der Waals surface area contributed by atoms with Gasteiger partial charge in [0.1, 0.15) is 11.9 Å². The highest BCUT2D eigenvalue weighted by Gasteiger charge is 2.28. The minimum absolute atomic E-state index is 0.0712. The van der Waals surface area contributed by atoms with E-state index in [-0.39, 0.29) is 11.7 Å². The predicted molar refractivity (Wildman–Crippen MR) is 121 cm³/mol. The number of anilines is 1. The van der Waals surface area contributed by atoms with E-state index in [1.54, 1.807) is 22.9 Å². The van der Waals surface area contributed by atoms with Crippen LogP contribution in [0.25, 0.3) is 16.0 Å². The first kappa shape index (κ1) is 24.7. The molecule has 9 nitrogen and oxygen atoms in total. The molecule has 2 N–H and O–H groups in total. The number of hydrogen-bond donors (Lipinski definition) is 2. The number of amides is 2. The maximum Gasteiger partial charge on any atom is 0.333 e. The Kier molecular flexibility index (Phi) is 7.17. The fraction of sp³-hybridized carbons (Fsp3) is 0.227. The van der Waals surface area contributed by atoms with E-state index in [1.807, 2.05) is 26.8 Å². The van der Waals surface area contributed by atoms with Crippen molar-refractivity contribution in [1.82, 2.24) is 19.7 Å². The molecule has 0 aliphatic carbocycles. The number of carbonyl (C=O) groups is 1. The number of aryl methyl sites for hydroxylation is 1. The van der Waals surface area contributed by atoms with Gasteiger partial charge in [-0.15, -0.1) is 4.98 Å². The monoisotopic (exact) mass is 486 g/mol. The lowest BCUT2D eigenvalue weighted by Gasteiger charge is -2.20. The normalized spacial score (nSPS) is 11.4. The standard InChI is InChI=1S/C22H20F2N6O3S/c1-12(2)15-9-13(3)10-16(14-5-6-26-17(11-14)25-4)18(15)29-22(31)30-34(32,33)21-19(20(23)24)27-7-8-28-21/h5-12,20H,1-3H3,(H2,29,30,31). The summed E-state index contributed by atoms with van der Waals surface area (Å²) in [5.74, 6) is 0.0726. The Morgan fingerprint density at radius 2 is 1.79 bits per heavy atom. The smallest absolute Gasteiger partial charge is 0.333 e. The minimum Gasteiger partial charge on any atom is -0.361 e. The lowest BCUT2D eigenvalue weighted by molar-refractivity contribution is 0.141. The molecule has 0 bridgehead atoms. The highest BCUT2D eigenvalue weighted by Crippen LogP contribution is 2.37. The Morgan fingerprint density at radius 1 is 1.09 bits per heavy atom. The minimum atomic E-state index is -4.75. The van der Waals surface area contributed by atoms with Crippen molar-refractivity contribution in [3.8, 4) is 11.1 Å². The van der Waals surface area contributed by atoms with Gasteiger partial charge in [0.05, 0.1) is 5.69 Å². The summed E-state index contributed by atoms with van der Waals surface area (Å²) in [7, 11) is -4.75. The van der Waals surface area contributed by atoms with E-state index in [0.29, 0.717) is 22.4 Å². The largest absolute Gasteiger partial charge is 0.361 e. The number of urea groups is 1. The molecule has 0 aliphatic rings. The van der Waals surface area contributed by atoms with Gasteiger partial charge in [-0.3, -0.25) is 4.98 Å². The van der Waals surface area contributed by atoms with E-state index in [1.165, 1.54) is 6.20 Å². The summed E-state index contributed by atoms with van der Waals surface area (Å²) < 4.78 is 53.4. The van der Waals surface area contributed by atoms with Gasteiger partial charge in [0.2, 0.25) is 5.03 Å². The van der Waals surface area contributed by atoms with Gasteiger partial charge in [-0.2, -0.15) is 8.42 Å². The SMILES string of the molecule is [C-]#[N+]c1cc(-c2cc(C)cc(C(C)C)c2NC(=O)NS(=O)(=O)c2nccnc2C(F)F)ccn1. The number of alkyl halides is 2. The van der Waals surface area contributed by atoms with Crippen molar-refractivity contribution in [2.75, 3.05) is 5.32 Å². The summed E-state index contributed by atoms with van der Waals surface area (Å²) in [5.41, 5.74) is 1.94. The Labute approximate surface area is 195 Å². The summed E-state index contributed by atoms with van der Waals surface area (Å²) in [6.07, 6.45) is 0.114. The maximum absolute atomic E-state index is 13.2. The molecule has 12 heteroatoms. The average Bonchev–Trinajstić information content (AvgIpc) is 2.79. The van der Waals surface area contributed by atoms with Gasteiger partial charge in [-0.25, -0.2) is 23.3 Å². The summed E-state index contributed by atoms with van der Waals surface area (Å²) >= 11 is 0. The van der Waals surface area contributed by atoms with E-state index >= 15 is 0 Å². The molecule has 0 fully saturated rings. The Morgan fingerprint density at radius 3 is 2.44 bits per heavy atom. The number of nitrogens with one attached hydrogen (secondary N) is 2. The van der Waals surface area contributed by atoms with Crippen LogP contribution >= 0.6 is 0 Å². The summed E-state index contributed by atoms with van der Waals surface area (Å²) in [5, 5.41) is 1.50. The second kappa shape index (κ2) is 9.88. The fourth-order valence-electron chi connectivity index (χ4n) is 3.29. The van der Waals surface area contributed by atoms with E-state index < -0.39 is 33.2 Å². The van der Waals surface area contributed by atoms with Crippen molar-refractivity contribution in [3.63, 3.8) is 0 Å². The van der Waals surface area contributed by atoms with E-state index in [9.17, 15) is 22.0 Å². The van der Waals surface area contributed by atoms with Crippen molar-refractivity contribution >= 4 is 27.6 Å². The zero-order chi connectivity index (χ0) is 25.0. The quantitative estimate of drug-likeness (QED) is 0.475. The number of halogens is 2. The van der Waals surface area contributed by atoms with Crippen LogP contribution in [0.2, 0.25) is 0 Å². The average molecular weight is 487 g/mol. The van der Waals surface area contributed by atoms with Crippen LogP contribution in [0, 0.1) is 13.5 Å². The summed E-state index contributed by atoms with van der Waals surface area (Å²) in [6.45, 7) is 12.8. The Bertz CT molecular complexity index is 1390. The van der Waals surface area contributed by atoms with Crippen molar-refractivity contribution in [2.45, 2.75) is 38.1 Å². The molecular formula is C22H20F2N6O3S. The third-order valence-corrected chi connectivity index (χ3v) is 6.00. The third-order valence-electron chi connectivity index (χ3n) is 4.72. The van der Waals surface area contributed by atoms with Crippen molar-refractivity contribution in [2.24, 2.45) is 0 Å². The van der Waals surface area contributed by atoms with Gasteiger partial charge in [-0.1, -0.05) is 32.0 Å². The predicted octanol–water partition coefficient (Wildman–Crippen LogP) is 4.97. The molecule has 34 heavy (non-hydrogen) atoms. The van der Waals surface area contributed by atoms with Gasteiger partial charge in [-0.05, 0) is 42.2 Å². The van der Waals surface area contributed by atoms with Crippen molar-refractivity contribution in [3.05, 3.63) is 71.1 Å². The van der Waals surface area contributed by atoms with Crippen molar-refractivity contribution < 1.29 is 22.0 Å². The fourth-order valence-corrected chi connectivity index (χ4v) is 4.29. The Hall–Kier alpha value is -3.98. The first-order valence-corrected chi connectivity index (χ1v) is 11.4. The molecular weight excluding hydrogens is 466 g/mol. The van der Waals surface area contributed by atoms with Gasteiger partial charge in [0.25, 0.3) is 22.3 Å². The van der Waals surface area contributed by atoms with Gasteiger partial charge in [0, 0.05) is 18.0 Å². The molecule has 1 aromatic carbocycles. The molecule has 0 aliphatic heterocycles. The van der Waals surface area contributed by atoms with Gasteiger partial charge < -0.3 is 10.2 Å². The molecule has 0 radical (unpaired) electrons. The highest BCUT2D eigenvalue weighted by molar-refractivity contribution is 7.90. The highest BCUT2D eigenvalue weighted by atomic mass is 32.2. The van der Waals surface area contributed by atoms with Crippen LogP contribution in [0.4, 0.5) is 25.1 Å². The number of sulfonamides is 1. The van der Waals surface area contributed by atoms with Crippen LogP contribution in [0.5, 0.6) is 0 Å². The molecule has 0 saturated carbocycles. The number of nitrogens with zero attached hydrogens (tertiary/aromatic N) is 4. The van der Waals surface area contributed by atoms with Crippen LogP contribution in [0.15, 0.2) is 47.9 Å². The molecule has 3 aromatic rings. The second-order valence-corrected chi connectivity index (χ2v) is 9.15. The van der Waals surface area contributed by atoms with E-state index in [2.05, 4.69) is 25.1 Å². The number of carbonyl (C=O) groups excluding carboxylic acids is 1. The molecule has 0 spiro atoms. The molecule has 2 heterocycles. The van der Waals surface area contributed by atoms with Crippen LogP contribution in [-0.2, 0) is 10.0 Å². The number of benzene rings is 1. The van der Waals surface area contributed by atoms with Crippen LogP contribution < -0.4 is 10.0 Å². The van der Waals surface area contributed by atoms with Crippen LogP contribution in [-0.4, -0.2) is 29.4 Å².